The number of aryl methyl sites for hydroxylation is 1. The van der Waals surface area contributed by atoms with Crippen LogP contribution < -0.4 is 9.62 Å². The van der Waals surface area contributed by atoms with Gasteiger partial charge >= 0.3 is 0 Å². The number of anilines is 1. The van der Waals surface area contributed by atoms with Gasteiger partial charge in [-0.2, -0.15) is 0 Å². The van der Waals surface area contributed by atoms with E-state index < -0.39 is 21.7 Å². The van der Waals surface area contributed by atoms with Crippen LogP contribution in [0.15, 0.2) is 42.1 Å². The second-order valence-electron chi connectivity index (χ2n) is 7.26. The summed E-state index contributed by atoms with van der Waals surface area (Å²) < 4.78 is 42.4. The van der Waals surface area contributed by atoms with E-state index in [0.29, 0.717) is 4.34 Å². The van der Waals surface area contributed by atoms with E-state index in [2.05, 4.69) is 4.72 Å². The Labute approximate surface area is 185 Å². The quantitative estimate of drug-likeness (QED) is 0.639. The largest absolute Gasteiger partial charge is 0.303 e. The maximum atomic E-state index is 14.7. The molecule has 0 saturated heterocycles. The molecule has 10 heteroatoms. The van der Waals surface area contributed by atoms with Crippen molar-refractivity contribution in [3.8, 4) is 0 Å². The molecule has 2 aromatic rings. The van der Waals surface area contributed by atoms with Crippen LogP contribution >= 0.6 is 22.9 Å². The van der Waals surface area contributed by atoms with Crippen molar-refractivity contribution in [1.82, 2.24) is 9.62 Å². The second kappa shape index (κ2) is 9.05. The SMILES string of the molecule is C[C@@H](c1ccc(N2CC=C(NS(=O)(=O)CCc3ccc(Cl)s3)C2=O)c(F)c1)N(C)C. The molecule has 162 valence electrons. The number of hydrogen-bond donors (Lipinski definition) is 1. The lowest BCUT2D eigenvalue weighted by molar-refractivity contribution is -0.114. The molecule has 1 aromatic heterocycles. The van der Waals surface area contributed by atoms with Crippen molar-refractivity contribution in [3.63, 3.8) is 0 Å². The Hall–Kier alpha value is -1.94. The van der Waals surface area contributed by atoms with Gasteiger partial charge in [-0.1, -0.05) is 17.7 Å². The van der Waals surface area contributed by atoms with Crippen LogP contribution in [-0.2, 0) is 21.2 Å². The number of benzene rings is 1. The summed E-state index contributed by atoms with van der Waals surface area (Å²) >= 11 is 7.17. The average Bonchev–Trinajstić information content (AvgIpc) is 3.25. The van der Waals surface area contributed by atoms with Crippen LogP contribution in [0.2, 0.25) is 4.34 Å². The Balaban J connectivity index is 1.66. The van der Waals surface area contributed by atoms with E-state index >= 15 is 0 Å². The lowest BCUT2D eigenvalue weighted by Crippen LogP contribution is -2.35. The highest BCUT2D eigenvalue weighted by molar-refractivity contribution is 7.89. The van der Waals surface area contributed by atoms with Gasteiger partial charge in [0.15, 0.2) is 0 Å². The Kier molecular flexibility index (Phi) is 6.86. The molecular weight excluding hydrogens is 449 g/mol. The highest BCUT2D eigenvalue weighted by Gasteiger charge is 2.30. The van der Waals surface area contributed by atoms with E-state index in [9.17, 15) is 17.6 Å². The third kappa shape index (κ3) is 5.21. The molecule has 1 aliphatic heterocycles. The molecule has 1 N–H and O–H groups in total. The molecule has 0 radical (unpaired) electrons. The first kappa shape index (κ1) is 22.7. The number of nitrogens with zero attached hydrogens (tertiary/aromatic N) is 2. The number of halogens is 2. The summed E-state index contributed by atoms with van der Waals surface area (Å²) in [7, 11) is 0.0657. The van der Waals surface area contributed by atoms with Gasteiger partial charge in [0.25, 0.3) is 5.91 Å². The van der Waals surface area contributed by atoms with E-state index in [0.717, 1.165) is 10.4 Å². The summed E-state index contributed by atoms with van der Waals surface area (Å²) in [5.74, 6) is -1.29. The minimum absolute atomic E-state index is 0.0153. The van der Waals surface area contributed by atoms with Crippen LogP contribution in [0.4, 0.5) is 10.1 Å². The maximum Gasteiger partial charge on any atom is 0.275 e. The number of carbonyl (C=O) groups is 1. The van der Waals surface area contributed by atoms with Crippen LogP contribution in [-0.4, -0.2) is 45.6 Å². The van der Waals surface area contributed by atoms with Crippen LogP contribution in [0.1, 0.15) is 23.4 Å². The van der Waals surface area contributed by atoms with Crippen molar-refractivity contribution in [2.75, 3.05) is 31.3 Å². The normalized spacial score (nSPS) is 15.6. The summed E-state index contributed by atoms with van der Waals surface area (Å²) in [6.45, 7) is 2.05. The summed E-state index contributed by atoms with van der Waals surface area (Å²) in [5, 5.41) is 0. The summed E-state index contributed by atoms with van der Waals surface area (Å²) in [6, 6.07) is 8.22. The first-order chi connectivity index (χ1) is 14.1. The highest BCUT2D eigenvalue weighted by Crippen LogP contribution is 2.28. The van der Waals surface area contributed by atoms with E-state index in [4.69, 9.17) is 11.6 Å². The second-order valence-corrected chi connectivity index (χ2v) is 10.9. The molecule has 0 saturated carbocycles. The van der Waals surface area contributed by atoms with E-state index in [1.165, 1.54) is 28.4 Å². The maximum absolute atomic E-state index is 14.7. The molecular formula is C20H23ClFN3O3S2. The molecule has 1 amide bonds. The van der Waals surface area contributed by atoms with Crippen molar-refractivity contribution in [2.24, 2.45) is 0 Å². The third-order valence-electron chi connectivity index (χ3n) is 4.98. The van der Waals surface area contributed by atoms with Crippen molar-refractivity contribution in [3.05, 3.63) is 62.7 Å². The Morgan fingerprint density at radius 2 is 2.03 bits per heavy atom. The van der Waals surface area contributed by atoms with Gasteiger partial charge in [0.05, 0.1) is 15.8 Å². The molecule has 0 bridgehead atoms. The zero-order chi connectivity index (χ0) is 22.1. The number of amides is 1. The monoisotopic (exact) mass is 471 g/mol. The molecule has 1 aliphatic rings. The number of sulfonamides is 1. The van der Waals surface area contributed by atoms with E-state index in [-0.39, 0.29) is 36.1 Å². The average molecular weight is 472 g/mol. The lowest BCUT2D eigenvalue weighted by atomic mass is 10.1. The van der Waals surface area contributed by atoms with Crippen molar-refractivity contribution in [1.29, 1.82) is 0 Å². The zero-order valence-corrected chi connectivity index (χ0v) is 19.2. The Morgan fingerprint density at radius 3 is 2.63 bits per heavy atom. The van der Waals surface area contributed by atoms with Crippen molar-refractivity contribution >= 4 is 44.6 Å². The molecule has 6 nitrogen and oxygen atoms in total. The van der Waals surface area contributed by atoms with Gasteiger partial charge in [0, 0.05) is 17.5 Å². The van der Waals surface area contributed by atoms with Crippen LogP contribution in [0, 0.1) is 5.82 Å². The smallest absolute Gasteiger partial charge is 0.275 e. The lowest BCUT2D eigenvalue weighted by Gasteiger charge is -2.22. The van der Waals surface area contributed by atoms with E-state index in [1.807, 2.05) is 25.9 Å². The van der Waals surface area contributed by atoms with Gasteiger partial charge in [-0.05, 0) is 63.3 Å². The first-order valence-corrected chi connectivity index (χ1v) is 12.1. The molecule has 0 spiro atoms. The molecule has 3 rings (SSSR count). The molecule has 0 aliphatic carbocycles. The minimum Gasteiger partial charge on any atom is -0.303 e. The fourth-order valence-corrected chi connectivity index (χ4v) is 5.34. The van der Waals surface area contributed by atoms with Gasteiger partial charge in [-0.25, -0.2) is 12.8 Å². The van der Waals surface area contributed by atoms with Crippen LogP contribution in [0.5, 0.6) is 0 Å². The Morgan fingerprint density at radius 1 is 1.30 bits per heavy atom. The van der Waals surface area contributed by atoms with Crippen LogP contribution in [0.25, 0.3) is 0 Å². The van der Waals surface area contributed by atoms with Gasteiger partial charge < -0.3 is 9.80 Å². The summed E-state index contributed by atoms with van der Waals surface area (Å²) in [6.07, 6.45) is 1.75. The molecule has 30 heavy (non-hydrogen) atoms. The highest BCUT2D eigenvalue weighted by atomic mass is 35.5. The van der Waals surface area contributed by atoms with Crippen molar-refractivity contribution < 1.29 is 17.6 Å². The number of thiophene rings is 1. The molecule has 1 aromatic carbocycles. The number of rotatable bonds is 8. The molecule has 0 unspecified atom stereocenters. The number of hydrogen-bond acceptors (Lipinski definition) is 5. The molecule has 2 heterocycles. The summed E-state index contributed by atoms with van der Waals surface area (Å²) in [5.41, 5.74) is 0.841. The van der Waals surface area contributed by atoms with Crippen LogP contribution in [0.3, 0.4) is 0 Å². The predicted molar refractivity (Wildman–Crippen MR) is 119 cm³/mol. The molecule has 1 atom stereocenters. The topological polar surface area (TPSA) is 69.7 Å². The number of carbonyl (C=O) groups excluding carboxylic acids is 1. The van der Waals surface area contributed by atoms with Gasteiger partial charge in [0.1, 0.15) is 11.5 Å². The fourth-order valence-electron chi connectivity index (χ4n) is 3.03. The molecule has 0 fully saturated rings. The Bertz CT molecular complexity index is 1080. The first-order valence-electron chi connectivity index (χ1n) is 9.30. The summed E-state index contributed by atoms with van der Waals surface area (Å²) in [4.78, 5) is 16.7. The zero-order valence-electron chi connectivity index (χ0n) is 16.9. The fraction of sp³-hybridized carbons (Fsp3) is 0.350. The van der Waals surface area contributed by atoms with Gasteiger partial charge in [-0.3, -0.25) is 9.52 Å². The van der Waals surface area contributed by atoms with E-state index in [1.54, 1.807) is 24.3 Å². The predicted octanol–water partition coefficient (Wildman–Crippen LogP) is 3.56. The minimum atomic E-state index is -3.73. The van der Waals surface area contributed by atoms with Gasteiger partial charge in [0.2, 0.25) is 10.0 Å². The third-order valence-corrected chi connectivity index (χ3v) is 7.55. The number of nitrogens with one attached hydrogen (secondary N) is 1. The van der Waals surface area contributed by atoms with Gasteiger partial charge in [-0.15, -0.1) is 11.3 Å². The standard InChI is InChI=1S/C20H23ClFN3O3S2/c1-13(24(2)3)14-4-6-18(16(22)12-14)25-10-8-17(20(25)26)23-30(27,28)11-9-15-5-7-19(21)29-15/h4-8,12-13,23H,9-11H2,1-3H3/t13-/m0/s1. The van der Waals surface area contributed by atoms with Crippen molar-refractivity contribution in [2.45, 2.75) is 19.4 Å².